The van der Waals surface area contributed by atoms with Crippen LogP contribution in [-0.2, 0) is 29.1 Å². The maximum atomic E-state index is 13.2. The summed E-state index contributed by atoms with van der Waals surface area (Å²) in [7, 11) is 0. The number of hydrogen-bond acceptors (Lipinski definition) is 3. The van der Waals surface area contributed by atoms with Crippen molar-refractivity contribution in [1.82, 2.24) is 14.5 Å². The van der Waals surface area contributed by atoms with Crippen LogP contribution in [0.15, 0.2) is 42.6 Å². The van der Waals surface area contributed by atoms with Gasteiger partial charge in [0.1, 0.15) is 5.65 Å². The highest BCUT2D eigenvalue weighted by Gasteiger charge is 2.29. The number of carbonyl (C=O) groups is 2. The molecule has 2 aromatic heterocycles. The highest BCUT2D eigenvalue weighted by Crippen LogP contribution is 2.32. The van der Waals surface area contributed by atoms with E-state index >= 15 is 0 Å². The first-order chi connectivity index (χ1) is 16.2. The number of aromatic nitrogens is 2. The molecule has 0 radical (unpaired) electrons. The Morgan fingerprint density at radius 1 is 1.21 bits per heavy atom. The second kappa shape index (κ2) is 9.52. The van der Waals surface area contributed by atoms with Crippen molar-refractivity contribution < 1.29 is 23.5 Å². The summed E-state index contributed by atoms with van der Waals surface area (Å²) >= 11 is 0. The van der Waals surface area contributed by atoms with Crippen LogP contribution in [0.1, 0.15) is 61.9 Å². The van der Waals surface area contributed by atoms with E-state index in [4.69, 9.17) is 0 Å². The van der Waals surface area contributed by atoms with Crippen molar-refractivity contribution in [2.45, 2.75) is 59.0 Å². The number of aliphatic carboxylic acids is 1. The Kier molecular flexibility index (Phi) is 6.68. The number of carboxylic acids is 1. The highest BCUT2D eigenvalue weighted by atomic mass is 19.3. The number of benzene rings is 1. The zero-order chi connectivity index (χ0) is 24.5. The summed E-state index contributed by atoms with van der Waals surface area (Å²) in [5.74, 6) is -0.869. The highest BCUT2D eigenvalue weighted by molar-refractivity contribution is 5.84. The van der Waals surface area contributed by atoms with Gasteiger partial charge in [-0.2, -0.15) is 0 Å². The van der Waals surface area contributed by atoms with Crippen LogP contribution in [0.4, 0.5) is 8.78 Å². The van der Waals surface area contributed by atoms with E-state index < -0.39 is 17.8 Å². The van der Waals surface area contributed by atoms with Crippen molar-refractivity contribution in [3.63, 3.8) is 0 Å². The van der Waals surface area contributed by atoms with Gasteiger partial charge in [0, 0.05) is 42.4 Å². The van der Waals surface area contributed by atoms with Gasteiger partial charge in [0.05, 0.1) is 12.0 Å². The number of carboxylic acid groups (broad SMARTS) is 1. The minimum Gasteiger partial charge on any atom is -0.481 e. The molecule has 1 aliphatic rings. The summed E-state index contributed by atoms with van der Waals surface area (Å²) in [5, 5.41) is 10.3. The molecule has 3 aromatic rings. The number of rotatable bonds is 8. The molecule has 1 N–H and O–H groups in total. The first kappa shape index (κ1) is 23.9. The van der Waals surface area contributed by atoms with Gasteiger partial charge in [-0.25, -0.2) is 13.8 Å². The molecule has 0 unspecified atom stereocenters. The summed E-state index contributed by atoms with van der Waals surface area (Å²) in [4.78, 5) is 30.6. The van der Waals surface area contributed by atoms with Gasteiger partial charge in [-0.3, -0.25) is 9.59 Å². The average molecular weight is 470 g/mol. The lowest BCUT2D eigenvalue weighted by Crippen LogP contribution is -2.36. The third kappa shape index (κ3) is 4.81. The number of hydrogen-bond donors (Lipinski definition) is 1. The Balaban J connectivity index is 1.57. The Hall–Kier alpha value is -3.29. The molecular weight excluding hydrogens is 440 g/mol. The van der Waals surface area contributed by atoms with Crippen molar-refractivity contribution in [2.24, 2.45) is 5.41 Å². The number of fused-ring (bicyclic) bond motifs is 3. The van der Waals surface area contributed by atoms with Crippen molar-refractivity contribution >= 4 is 22.9 Å². The molecule has 34 heavy (non-hydrogen) atoms. The molecule has 1 amide bonds. The van der Waals surface area contributed by atoms with Crippen LogP contribution in [0.3, 0.4) is 0 Å². The summed E-state index contributed by atoms with van der Waals surface area (Å²) in [5.41, 5.74) is 2.78. The molecule has 0 aliphatic carbocycles. The summed E-state index contributed by atoms with van der Waals surface area (Å²) in [6.45, 7) is 4.73. The van der Waals surface area contributed by atoms with Gasteiger partial charge >= 0.3 is 5.97 Å². The minimum absolute atomic E-state index is 0.00342. The topological polar surface area (TPSA) is 75.4 Å². The number of nitrogens with zero attached hydrogens (tertiary/aromatic N) is 3. The number of halogens is 2. The monoisotopic (exact) mass is 469 g/mol. The van der Waals surface area contributed by atoms with E-state index in [1.54, 1.807) is 31.0 Å². The quantitative estimate of drug-likeness (QED) is 0.493. The molecule has 0 fully saturated rings. The number of alkyl halides is 2. The van der Waals surface area contributed by atoms with Crippen LogP contribution in [0.2, 0.25) is 0 Å². The molecule has 1 aromatic carbocycles. The predicted molar refractivity (Wildman–Crippen MR) is 125 cm³/mol. The maximum Gasteiger partial charge on any atom is 0.309 e. The van der Waals surface area contributed by atoms with Crippen LogP contribution in [0.5, 0.6) is 0 Å². The third-order valence-corrected chi connectivity index (χ3v) is 6.68. The van der Waals surface area contributed by atoms with Crippen LogP contribution in [-0.4, -0.2) is 38.0 Å². The van der Waals surface area contributed by atoms with Crippen LogP contribution in [0, 0.1) is 5.41 Å². The molecule has 1 aliphatic heterocycles. The molecule has 180 valence electrons. The molecular formula is C26H29F2N3O3. The fourth-order valence-corrected chi connectivity index (χ4v) is 4.60. The van der Waals surface area contributed by atoms with Gasteiger partial charge in [-0.05, 0) is 62.4 Å². The zero-order valence-corrected chi connectivity index (χ0v) is 19.4. The van der Waals surface area contributed by atoms with Gasteiger partial charge in [0.25, 0.3) is 6.43 Å². The van der Waals surface area contributed by atoms with E-state index in [9.17, 15) is 23.5 Å². The summed E-state index contributed by atoms with van der Waals surface area (Å²) in [6.07, 6.45) is 1.10. The van der Waals surface area contributed by atoms with Crippen molar-refractivity contribution in [2.75, 3.05) is 6.54 Å². The van der Waals surface area contributed by atoms with Gasteiger partial charge in [-0.1, -0.05) is 18.2 Å². The molecule has 0 atom stereocenters. The lowest BCUT2D eigenvalue weighted by Gasteiger charge is -2.29. The van der Waals surface area contributed by atoms with E-state index in [1.165, 1.54) is 12.1 Å². The summed E-state index contributed by atoms with van der Waals surface area (Å²) in [6, 6.07) is 10.3. The van der Waals surface area contributed by atoms with Gasteiger partial charge in [-0.15, -0.1) is 0 Å². The molecule has 0 saturated carbocycles. The van der Waals surface area contributed by atoms with E-state index in [1.807, 2.05) is 22.8 Å². The van der Waals surface area contributed by atoms with Crippen molar-refractivity contribution in [3.8, 4) is 0 Å². The van der Waals surface area contributed by atoms with E-state index in [0.29, 0.717) is 45.3 Å². The standard InChI is InChI=1S/C26H29F2N3O3/c1-26(2,25(33)34)11-4-9-22(32)30-13-10-19-20-8-5-12-29-24(20)31(21(19)16-30)15-17-6-3-7-18(14-17)23(27)28/h3,5-8,12,14,23H,4,9-11,13,15-16H2,1-2H3,(H,33,34). The second-order valence-corrected chi connectivity index (χ2v) is 9.54. The van der Waals surface area contributed by atoms with Gasteiger partial charge in [0.2, 0.25) is 5.91 Å². The Morgan fingerprint density at radius 3 is 2.74 bits per heavy atom. The molecule has 0 spiro atoms. The fourth-order valence-electron chi connectivity index (χ4n) is 4.60. The van der Waals surface area contributed by atoms with E-state index in [-0.39, 0.29) is 11.5 Å². The second-order valence-electron chi connectivity index (χ2n) is 9.54. The Bertz CT molecular complexity index is 1220. The van der Waals surface area contributed by atoms with Gasteiger partial charge in [0.15, 0.2) is 0 Å². The SMILES string of the molecule is CC(C)(CCCC(=O)N1CCc2c(n(Cc3cccc(C(F)F)c3)c3ncccc23)C1)C(=O)O. The lowest BCUT2D eigenvalue weighted by molar-refractivity contribution is -0.147. The molecule has 4 rings (SSSR count). The first-order valence-corrected chi connectivity index (χ1v) is 11.5. The molecule has 3 heterocycles. The van der Waals surface area contributed by atoms with Crippen LogP contribution in [0.25, 0.3) is 11.0 Å². The van der Waals surface area contributed by atoms with E-state index in [2.05, 4.69) is 4.98 Å². The van der Waals surface area contributed by atoms with Crippen molar-refractivity contribution in [3.05, 3.63) is 65.0 Å². The molecule has 0 saturated heterocycles. The Labute approximate surface area is 197 Å². The third-order valence-electron chi connectivity index (χ3n) is 6.68. The summed E-state index contributed by atoms with van der Waals surface area (Å²) < 4.78 is 28.5. The largest absolute Gasteiger partial charge is 0.481 e. The van der Waals surface area contributed by atoms with Crippen LogP contribution < -0.4 is 0 Å². The Morgan fingerprint density at radius 2 is 2.00 bits per heavy atom. The minimum atomic E-state index is -2.53. The van der Waals surface area contributed by atoms with Crippen molar-refractivity contribution in [1.29, 1.82) is 0 Å². The molecule has 8 heteroatoms. The van der Waals surface area contributed by atoms with E-state index in [0.717, 1.165) is 27.9 Å². The number of carbonyl (C=O) groups excluding carboxylic acids is 1. The average Bonchev–Trinajstić information content (AvgIpc) is 3.12. The maximum absolute atomic E-state index is 13.2. The predicted octanol–water partition coefficient (Wildman–Crippen LogP) is 5.19. The zero-order valence-electron chi connectivity index (χ0n) is 19.4. The smallest absolute Gasteiger partial charge is 0.309 e. The fraction of sp³-hybridized carbons (Fsp3) is 0.423. The normalized spacial score (nSPS) is 14.0. The number of amides is 1. The first-order valence-electron chi connectivity index (χ1n) is 11.5. The molecule has 6 nitrogen and oxygen atoms in total. The van der Waals surface area contributed by atoms with Crippen LogP contribution >= 0.6 is 0 Å². The number of pyridine rings is 1. The van der Waals surface area contributed by atoms with Gasteiger partial charge < -0.3 is 14.6 Å². The molecule has 0 bridgehead atoms. The lowest BCUT2D eigenvalue weighted by atomic mass is 9.87.